The van der Waals surface area contributed by atoms with Crippen LogP contribution in [0.5, 0.6) is 0 Å². The number of pyridine rings is 1. The van der Waals surface area contributed by atoms with Gasteiger partial charge in [0.2, 0.25) is 0 Å². The standard InChI is InChI=1S/C16H17ClN4/c1-12-8-15(19)14(17)9-16(12)21(7-3-5-18)11-13-4-2-6-20-10-13/h2,4,6,8-10H,3,7,11,19H2,1H3. The molecule has 0 bridgehead atoms. The van der Waals surface area contributed by atoms with Crippen LogP contribution in [0.4, 0.5) is 11.4 Å². The van der Waals surface area contributed by atoms with Gasteiger partial charge in [-0.2, -0.15) is 5.26 Å². The normalized spacial score (nSPS) is 10.1. The number of nitrogens with zero attached hydrogens (tertiary/aromatic N) is 3. The molecule has 0 atom stereocenters. The lowest BCUT2D eigenvalue weighted by atomic mass is 10.1. The van der Waals surface area contributed by atoms with Gasteiger partial charge in [-0.05, 0) is 36.2 Å². The van der Waals surface area contributed by atoms with Crippen LogP contribution in [0.15, 0.2) is 36.7 Å². The van der Waals surface area contributed by atoms with Gasteiger partial charge in [-0.25, -0.2) is 0 Å². The van der Waals surface area contributed by atoms with Crippen LogP contribution in [0.1, 0.15) is 17.5 Å². The number of anilines is 2. The predicted octanol–water partition coefficient (Wildman–Crippen LogP) is 3.55. The van der Waals surface area contributed by atoms with E-state index in [4.69, 9.17) is 22.6 Å². The average molecular weight is 301 g/mol. The second-order valence-electron chi connectivity index (χ2n) is 4.85. The molecule has 2 N–H and O–H groups in total. The van der Waals surface area contributed by atoms with Crippen molar-refractivity contribution in [3.63, 3.8) is 0 Å². The smallest absolute Gasteiger partial charge is 0.0656 e. The van der Waals surface area contributed by atoms with Crippen molar-refractivity contribution < 1.29 is 0 Å². The number of nitrogen functional groups attached to an aromatic ring is 1. The van der Waals surface area contributed by atoms with E-state index in [1.165, 1.54) is 0 Å². The predicted molar refractivity (Wildman–Crippen MR) is 86.1 cm³/mol. The fourth-order valence-electron chi connectivity index (χ4n) is 2.22. The molecule has 21 heavy (non-hydrogen) atoms. The Balaban J connectivity index is 2.32. The van der Waals surface area contributed by atoms with Crippen LogP contribution in [0.2, 0.25) is 5.02 Å². The third-order valence-electron chi connectivity index (χ3n) is 3.25. The zero-order valence-electron chi connectivity index (χ0n) is 11.9. The van der Waals surface area contributed by atoms with Crippen molar-refractivity contribution in [3.8, 4) is 6.07 Å². The Morgan fingerprint density at radius 1 is 1.43 bits per heavy atom. The summed E-state index contributed by atoms with van der Waals surface area (Å²) in [6.45, 7) is 3.30. The van der Waals surface area contributed by atoms with Crippen LogP contribution in [0, 0.1) is 18.3 Å². The monoisotopic (exact) mass is 300 g/mol. The Labute approximate surface area is 129 Å². The second kappa shape index (κ2) is 6.96. The van der Waals surface area contributed by atoms with Crippen LogP contribution in [-0.2, 0) is 6.54 Å². The highest BCUT2D eigenvalue weighted by Crippen LogP contribution is 2.30. The summed E-state index contributed by atoms with van der Waals surface area (Å²) in [6, 6.07) is 9.82. The molecule has 0 aliphatic heterocycles. The molecule has 0 amide bonds. The number of nitrogens with two attached hydrogens (primary N) is 1. The third-order valence-corrected chi connectivity index (χ3v) is 3.57. The van der Waals surface area contributed by atoms with Crippen LogP contribution >= 0.6 is 11.6 Å². The molecule has 0 aliphatic rings. The molecule has 0 saturated heterocycles. The molecule has 2 rings (SSSR count). The zero-order valence-corrected chi connectivity index (χ0v) is 12.6. The molecule has 1 aromatic heterocycles. The Hall–Kier alpha value is -2.25. The fourth-order valence-corrected chi connectivity index (χ4v) is 2.37. The summed E-state index contributed by atoms with van der Waals surface area (Å²) in [5.74, 6) is 0. The minimum Gasteiger partial charge on any atom is -0.398 e. The molecule has 2 aromatic rings. The first-order valence-corrected chi connectivity index (χ1v) is 7.06. The van der Waals surface area contributed by atoms with Gasteiger partial charge in [0, 0.05) is 31.2 Å². The van der Waals surface area contributed by atoms with Gasteiger partial charge in [-0.15, -0.1) is 0 Å². The number of aryl methyl sites for hydroxylation is 1. The lowest BCUT2D eigenvalue weighted by molar-refractivity contribution is 0.792. The van der Waals surface area contributed by atoms with E-state index in [1.54, 1.807) is 6.20 Å². The SMILES string of the molecule is Cc1cc(N)c(Cl)cc1N(CCC#N)Cc1cccnc1. The van der Waals surface area contributed by atoms with Gasteiger partial charge < -0.3 is 10.6 Å². The summed E-state index contributed by atoms with van der Waals surface area (Å²) >= 11 is 6.14. The largest absolute Gasteiger partial charge is 0.398 e. The number of nitriles is 1. The maximum Gasteiger partial charge on any atom is 0.0656 e. The number of aromatic nitrogens is 1. The van der Waals surface area contributed by atoms with Gasteiger partial charge in [0.1, 0.15) is 0 Å². The highest BCUT2D eigenvalue weighted by atomic mass is 35.5. The Bertz CT molecular complexity index is 649. The Kier molecular flexibility index (Phi) is 5.02. The topological polar surface area (TPSA) is 65.9 Å². The molecular formula is C16H17ClN4. The summed E-state index contributed by atoms with van der Waals surface area (Å²) in [4.78, 5) is 6.25. The lowest BCUT2D eigenvalue weighted by Crippen LogP contribution is -2.24. The van der Waals surface area contributed by atoms with Crippen LogP contribution < -0.4 is 10.6 Å². The minimum absolute atomic E-state index is 0.446. The van der Waals surface area contributed by atoms with Crippen LogP contribution in [-0.4, -0.2) is 11.5 Å². The van der Waals surface area contributed by atoms with Gasteiger partial charge in [0.25, 0.3) is 0 Å². The first-order chi connectivity index (χ1) is 10.1. The number of halogens is 1. The van der Waals surface area contributed by atoms with Crippen molar-refractivity contribution in [1.82, 2.24) is 4.98 Å². The molecule has 0 radical (unpaired) electrons. The van der Waals surface area contributed by atoms with E-state index in [0.29, 0.717) is 30.2 Å². The Morgan fingerprint density at radius 2 is 2.24 bits per heavy atom. The number of rotatable bonds is 5. The summed E-state index contributed by atoms with van der Waals surface area (Å²) in [7, 11) is 0. The second-order valence-corrected chi connectivity index (χ2v) is 5.26. The highest BCUT2D eigenvalue weighted by molar-refractivity contribution is 6.33. The van der Waals surface area contributed by atoms with Crippen molar-refractivity contribution in [2.75, 3.05) is 17.2 Å². The van der Waals surface area contributed by atoms with E-state index in [9.17, 15) is 0 Å². The molecule has 4 nitrogen and oxygen atoms in total. The van der Waals surface area contributed by atoms with Crippen LogP contribution in [0.25, 0.3) is 0 Å². The number of hydrogen-bond acceptors (Lipinski definition) is 4. The third kappa shape index (κ3) is 3.87. The molecule has 1 heterocycles. The van der Waals surface area contributed by atoms with Crippen molar-refractivity contribution in [3.05, 3.63) is 52.8 Å². The van der Waals surface area contributed by atoms with Crippen LogP contribution in [0.3, 0.4) is 0 Å². The van der Waals surface area contributed by atoms with E-state index >= 15 is 0 Å². The molecule has 0 saturated carbocycles. The van der Waals surface area contributed by atoms with E-state index in [-0.39, 0.29) is 0 Å². The summed E-state index contributed by atoms with van der Waals surface area (Å²) in [5.41, 5.74) is 9.52. The van der Waals surface area contributed by atoms with Crippen molar-refractivity contribution in [1.29, 1.82) is 5.26 Å². The summed E-state index contributed by atoms with van der Waals surface area (Å²) in [6.07, 6.45) is 4.02. The molecule has 5 heteroatoms. The molecule has 108 valence electrons. The van der Waals surface area contributed by atoms with E-state index < -0.39 is 0 Å². The lowest BCUT2D eigenvalue weighted by Gasteiger charge is -2.26. The number of benzene rings is 1. The first-order valence-electron chi connectivity index (χ1n) is 6.68. The highest BCUT2D eigenvalue weighted by Gasteiger charge is 2.12. The van der Waals surface area contributed by atoms with E-state index in [1.807, 2.05) is 37.4 Å². The van der Waals surface area contributed by atoms with Gasteiger partial charge in [0.05, 0.1) is 23.2 Å². The quantitative estimate of drug-likeness (QED) is 0.858. The molecular weight excluding hydrogens is 284 g/mol. The minimum atomic E-state index is 0.446. The van der Waals surface area contributed by atoms with Gasteiger partial charge in [-0.3, -0.25) is 4.98 Å². The molecule has 1 aromatic carbocycles. The maximum absolute atomic E-state index is 8.86. The van der Waals surface area contributed by atoms with Gasteiger partial charge in [-0.1, -0.05) is 17.7 Å². The van der Waals surface area contributed by atoms with Crippen molar-refractivity contribution in [2.24, 2.45) is 0 Å². The van der Waals surface area contributed by atoms with Crippen molar-refractivity contribution in [2.45, 2.75) is 19.9 Å². The molecule has 0 fully saturated rings. The fraction of sp³-hybridized carbons (Fsp3) is 0.250. The van der Waals surface area contributed by atoms with Gasteiger partial charge in [0.15, 0.2) is 0 Å². The molecule has 0 spiro atoms. The molecule has 0 aliphatic carbocycles. The molecule has 0 unspecified atom stereocenters. The number of hydrogen-bond donors (Lipinski definition) is 1. The van der Waals surface area contributed by atoms with E-state index in [0.717, 1.165) is 16.8 Å². The summed E-state index contributed by atoms with van der Waals surface area (Å²) < 4.78 is 0. The Morgan fingerprint density at radius 3 is 2.90 bits per heavy atom. The maximum atomic E-state index is 8.86. The van der Waals surface area contributed by atoms with Gasteiger partial charge >= 0.3 is 0 Å². The summed E-state index contributed by atoms with van der Waals surface area (Å²) in [5, 5.41) is 9.39. The van der Waals surface area contributed by atoms with E-state index in [2.05, 4.69) is 16.0 Å². The first kappa shape index (κ1) is 15.1. The average Bonchev–Trinajstić information content (AvgIpc) is 2.48. The van der Waals surface area contributed by atoms with Crippen molar-refractivity contribution >= 4 is 23.0 Å². The zero-order chi connectivity index (χ0) is 15.2.